The fourth-order valence-corrected chi connectivity index (χ4v) is 4.28. The monoisotopic (exact) mass is 484 g/mol. The van der Waals surface area contributed by atoms with Crippen molar-refractivity contribution in [2.75, 3.05) is 19.8 Å². The summed E-state index contributed by atoms with van der Waals surface area (Å²) in [5.74, 6) is 0.00606. The molecular formula is C28H52O6. The van der Waals surface area contributed by atoms with E-state index in [0.29, 0.717) is 19.1 Å². The van der Waals surface area contributed by atoms with E-state index in [4.69, 9.17) is 14.2 Å². The second-order valence-electron chi connectivity index (χ2n) is 9.71. The largest absolute Gasteiger partial charge is 0.490 e. The Hall–Kier alpha value is -1.27. The van der Waals surface area contributed by atoms with Gasteiger partial charge in [-0.3, -0.25) is 0 Å². The van der Waals surface area contributed by atoms with Crippen LogP contribution in [0.1, 0.15) is 124 Å². The van der Waals surface area contributed by atoms with Crippen molar-refractivity contribution in [3.8, 4) is 0 Å². The van der Waals surface area contributed by atoms with Gasteiger partial charge in [0.2, 0.25) is 5.76 Å². The van der Waals surface area contributed by atoms with E-state index in [0.717, 1.165) is 25.7 Å². The van der Waals surface area contributed by atoms with Gasteiger partial charge in [0.05, 0.1) is 19.8 Å². The van der Waals surface area contributed by atoms with Gasteiger partial charge in [-0.1, -0.05) is 117 Å². The second kappa shape index (κ2) is 20.0. The smallest absolute Gasteiger partial charge is 0.378 e. The lowest BCUT2D eigenvalue weighted by molar-refractivity contribution is -0.148. The molecule has 0 amide bonds. The topological polar surface area (TPSA) is 85.2 Å². The lowest BCUT2D eigenvalue weighted by Crippen LogP contribution is -2.32. The highest BCUT2D eigenvalue weighted by Crippen LogP contribution is 2.28. The number of carbonyl (C=O) groups is 1. The number of aliphatic hydroxyl groups excluding tert-OH is 2. The molecule has 1 rings (SSSR count). The normalized spacial score (nSPS) is 16.9. The minimum Gasteiger partial charge on any atom is -0.490 e. The minimum absolute atomic E-state index is 0.0538. The molecule has 0 aliphatic carbocycles. The van der Waals surface area contributed by atoms with Gasteiger partial charge in [0.15, 0.2) is 11.9 Å². The molecule has 1 aliphatic heterocycles. The number of ether oxygens (including phenoxy) is 3. The summed E-state index contributed by atoms with van der Waals surface area (Å²) in [6.07, 6.45) is 17.7. The van der Waals surface area contributed by atoms with Crippen molar-refractivity contribution in [1.82, 2.24) is 0 Å². The molecule has 2 N–H and O–H groups in total. The SMILES string of the molecule is CCCCCCCCCCCCCCCCOC1=C(OCC(CC)CC)[C@@H]([C@@H](O)CO)OC1=O. The quantitative estimate of drug-likeness (QED) is 0.128. The Morgan fingerprint density at radius 2 is 1.29 bits per heavy atom. The van der Waals surface area contributed by atoms with Gasteiger partial charge < -0.3 is 24.4 Å². The van der Waals surface area contributed by atoms with Crippen LogP contribution < -0.4 is 0 Å². The van der Waals surface area contributed by atoms with E-state index in [1.807, 2.05) is 0 Å². The zero-order chi connectivity index (χ0) is 25.0. The lowest BCUT2D eigenvalue weighted by Gasteiger charge is -2.20. The molecule has 6 nitrogen and oxygen atoms in total. The molecule has 6 heteroatoms. The predicted molar refractivity (Wildman–Crippen MR) is 136 cm³/mol. The van der Waals surface area contributed by atoms with Crippen LogP contribution in [-0.2, 0) is 19.0 Å². The van der Waals surface area contributed by atoms with Crippen molar-refractivity contribution in [3.63, 3.8) is 0 Å². The van der Waals surface area contributed by atoms with E-state index in [2.05, 4.69) is 20.8 Å². The molecule has 1 aliphatic rings. The molecule has 0 radical (unpaired) electrons. The maximum atomic E-state index is 12.3. The molecule has 0 aromatic rings. The van der Waals surface area contributed by atoms with Crippen LogP contribution in [0.5, 0.6) is 0 Å². The highest BCUT2D eigenvalue weighted by molar-refractivity contribution is 5.89. The second-order valence-corrected chi connectivity index (χ2v) is 9.71. The number of carbonyl (C=O) groups excluding carboxylic acids is 1. The first-order chi connectivity index (χ1) is 16.6. The molecule has 34 heavy (non-hydrogen) atoms. The van der Waals surface area contributed by atoms with Crippen molar-refractivity contribution < 1.29 is 29.2 Å². The summed E-state index contributed by atoms with van der Waals surface area (Å²) in [4.78, 5) is 12.3. The number of unbranched alkanes of at least 4 members (excludes halogenated alkanes) is 13. The van der Waals surface area contributed by atoms with E-state index >= 15 is 0 Å². The summed E-state index contributed by atoms with van der Waals surface area (Å²) in [7, 11) is 0. The Morgan fingerprint density at radius 3 is 1.76 bits per heavy atom. The molecule has 0 saturated carbocycles. The summed E-state index contributed by atoms with van der Waals surface area (Å²) in [5.41, 5.74) is 0. The first kappa shape index (κ1) is 30.8. The van der Waals surface area contributed by atoms with Crippen LogP contribution in [0, 0.1) is 5.92 Å². The minimum atomic E-state index is -1.22. The van der Waals surface area contributed by atoms with Crippen LogP contribution in [0.15, 0.2) is 11.5 Å². The van der Waals surface area contributed by atoms with E-state index in [9.17, 15) is 15.0 Å². The molecule has 0 bridgehead atoms. The molecule has 0 saturated heterocycles. The molecule has 2 atom stereocenters. The maximum absolute atomic E-state index is 12.3. The summed E-state index contributed by atoms with van der Waals surface area (Å²) >= 11 is 0. The average molecular weight is 485 g/mol. The van der Waals surface area contributed by atoms with Gasteiger partial charge in [-0.2, -0.15) is 0 Å². The van der Waals surface area contributed by atoms with Crippen LogP contribution in [0.25, 0.3) is 0 Å². The fraction of sp³-hybridized carbons (Fsp3) is 0.893. The predicted octanol–water partition coefficient (Wildman–Crippen LogP) is 6.43. The number of hydrogen-bond donors (Lipinski definition) is 2. The Balaban J connectivity index is 2.24. The van der Waals surface area contributed by atoms with Crippen molar-refractivity contribution in [2.45, 2.75) is 136 Å². The fourth-order valence-electron chi connectivity index (χ4n) is 4.28. The molecule has 0 fully saturated rings. The zero-order valence-corrected chi connectivity index (χ0v) is 22.2. The van der Waals surface area contributed by atoms with Gasteiger partial charge in [-0.05, 0) is 12.3 Å². The van der Waals surface area contributed by atoms with Gasteiger partial charge in [0, 0.05) is 0 Å². The molecule has 0 aromatic heterocycles. The van der Waals surface area contributed by atoms with Gasteiger partial charge >= 0.3 is 5.97 Å². The molecule has 1 heterocycles. The first-order valence-corrected chi connectivity index (χ1v) is 14.1. The van der Waals surface area contributed by atoms with Crippen molar-refractivity contribution in [2.24, 2.45) is 5.92 Å². The van der Waals surface area contributed by atoms with E-state index in [-0.39, 0.29) is 11.5 Å². The van der Waals surface area contributed by atoms with Crippen LogP contribution >= 0.6 is 0 Å². The van der Waals surface area contributed by atoms with E-state index in [1.54, 1.807) is 0 Å². The third-order valence-corrected chi connectivity index (χ3v) is 6.81. The van der Waals surface area contributed by atoms with E-state index < -0.39 is 24.8 Å². The third kappa shape index (κ3) is 12.4. The summed E-state index contributed by atoms with van der Waals surface area (Å²) in [6.45, 7) is 6.78. The molecule has 0 unspecified atom stereocenters. The van der Waals surface area contributed by atoms with Crippen molar-refractivity contribution in [3.05, 3.63) is 11.5 Å². The van der Waals surface area contributed by atoms with Gasteiger partial charge in [-0.15, -0.1) is 0 Å². The molecule has 200 valence electrons. The Bertz CT molecular complexity index is 543. The van der Waals surface area contributed by atoms with Crippen LogP contribution in [-0.4, -0.2) is 48.2 Å². The van der Waals surface area contributed by atoms with Crippen molar-refractivity contribution in [1.29, 1.82) is 0 Å². The maximum Gasteiger partial charge on any atom is 0.378 e. The van der Waals surface area contributed by atoms with Gasteiger partial charge in [-0.25, -0.2) is 4.79 Å². The summed E-state index contributed by atoms with van der Waals surface area (Å²) in [6, 6.07) is 0. The van der Waals surface area contributed by atoms with Gasteiger partial charge in [0.1, 0.15) is 6.10 Å². The number of hydrogen-bond acceptors (Lipinski definition) is 6. The number of rotatable bonds is 23. The highest BCUT2D eigenvalue weighted by atomic mass is 16.6. The van der Waals surface area contributed by atoms with Crippen LogP contribution in [0.4, 0.5) is 0 Å². The van der Waals surface area contributed by atoms with Crippen LogP contribution in [0.3, 0.4) is 0 Å². The van der Waals surface area contributed by atoms with Gasteiger partial charge in [0.25, 0.3) is 0 Å². The Morgan fingerprint density at radius 1 is 0.794 bits per heavy atom. The number of esters is 1. The van der Waals surface area contributed by atoms with Crippen LogP contribution in [0.2, 0.25) is 0 Å². The summed E-state index contributed by atoms with van der Waals surface area (Å²) in [5, 5.41) is 19.4. The number of aliphatic hydroxyl groups is 2. The van der Waals surface area contributed by atoms with Crippen molar-refractivity contribution >= 4 is 5.97 Å². The number of cyclic esters (lactones) is 1. The zero-order valence-electron chi connectivity index (χ0n) is 22.2. The lowest BCUT2D eigenvalue weighted by atomic mass is 10.0. The van der Waals surface area contributed by atoms with E-state index in [1.165, 1.54) is 77.0 Å². The molecule has 0 aromatic carbocycles. The Labute approximate surface area is 208 Å². The standard InChI is InChI=1S/C28H52O6/c1-4-7-8-9-10-11-12-13-14-15-16-17-18-19-20-32-27-26(33-22-23(5-2)6-3)25(24(30)21-29)34-28(27)31/h23-25,29-30H,4-22H2,1-3H3/t24-,25+/m0/s1. The molecule has 0 spiro atoms. The average Bonchev–Trinajstić information content (AvgIpc) is 3.16. The third-order valence-electron chi connectivity index (χ3n) is 6.81. The molecular weight excluding hydrogens is 432 g/mol. The Kier molecular flexibility index (Phi) is 18.1. The highest BCUT2D eigenvalue weighted by Gasteiger charge is 2.42. The first-order valence-electron chi connectivity index (χ1n) is 14.1. The summed E-state index contributed by atoms with van der Waals surface area (Å²) < 4.78 is 16.9.